The first kappa shape index (κ1) is 11.6. The van der Waals surface area contributed by atoms with Crippen LogP contribution in [0, 0.1) is 11.8 Å². The van der Waals surface area contributed by atoms with Gasteiger partial charge >= 0.3 is 6.09 Å². The maximum absolute atomic E-state index is 10.1. The molecule has 3 nitrogen and oxygen atoms in total. The van der Waals surface area contributed by atoms with E-state index in [0.717, 1.165) is 23.7 Å². The Kier molecular flexibility index (Phi) is 8.34. The summed E-state index contributed by atoms with van der Waals surface area (Å²) in [6, 6.07) is 0. The van der Waals surface area contributed by atoms with E-state index in [1.165, 1.54) is 0 Å². The monoisotopic (exact) mass is 281 g/mol. The standard InChI is InChI=1S/C8H12INO2/c9-6-4-2-1-3-5-7-12-8(10)11/h1,3,5-7H2,(H2,10,11). The zero-order valence-corrected chi connectivity index (χ0v) is 8.96. The van der Waals surface area contributed by atoms with E-state index in [2.05, 4.69) is 39.2 Å². The second kappa shape index (κ2) is 8.65. The van der Waals surface area contributed by atoms with Crippen LogP contribution in [-0.4, -0.2) is 17.1 Å². The summed E-state index contributed by atoms with van der Waals surface area (Å²) in [4.78, 5) is 10.1. The Hall–Kier alpha value is -0.440. The maximum atomic E-state index is 10.1. The number of nitrogens with two attached hydrogens (primary N) is 1. The van der Waals surface area contributed by atoms with E-state index in [4.69, 9.17) is 5.73 Å². The van der Waals surface area contributed by atoms with Crippen LogP contribution in [0.1, 0.15) is 19.3 Å². The molecular weight excluding hydrogens is 269 g/mol. The molecule has 0 heterocycles. The predicted octanol–water partition coefficient (Wildman–Crippen LogP) is 1.69. The number of alkyl halides is 1. The molecule has 0 aliphatic heterocycles. The lowest BCUT2D eigenvalue weighted by atomic mass is 10.2. The van der Waals surface area contributed by atoms with Crippen molar-refractivity contribution in [1.29, 1.82) is 0 Å². The first-order valence-electron chi connectivity index (χ1n) is 3.71. The molecule has 0 aliphatic carbocycles. The average Bonchev–Trinajstić information content (AvgIpc) is 2.02. The van der Waals surface area contributed by atoms with Gasteiger partial charge in [-0.25, -0.2) is 4.79 Å². The van der Waals surface area contributed by atoms with Crippen LogP contribution < -0.4 is 5.73 Å². The topological polar surface area (TPSA) is 52.3 Å². The minimum atomic E-state index is -0.701. The van der Waals surface area contributed by atoms with Gasteiger partial charge in [0.25, 0.3) is 0 Å². The Morgan fingerprint density at radius 3 is 2.75 bits per heavy atom. The van der Waals surface area contributed by atoms with Crippen molar-refractivity contribution < 1.29 is 9.53 Å². The molecule has 68 valence electrons. The highest BCUT2D eigenvalue weighted by Crippen LogP contribution is 1.94. The van der Waals surface area contributed by atoms with Gasteiger partial charge in [-0.3, -0.25) is 0 Å². The molecule has 0 aromatic heterocycles. The number of carbonyl (C=O) groups is 1. The summed E-state index contributed by atoms with van der Waals surface area (Å²) < 4.78 is 5.41. The van der Waals surface area contributed by atoms with Crippen molar-refractivity contribution in [3.63, 3.8) is 0 Å². The maximum Gasteiger partial charge on any atom is 0.404 e. The summed E-state index contributed by atoms with van der Waals surface area (Å²) >= 11 is 2.21. The number of hydrogen-bond donors (Lipinski definition) is 1. The minimum Gasteiger partial charge on any atom is -0.450 e. The van der Waals surface area contributed by atoms with Crippen molar-refractivity contribution >= 4 is 28.7 Å². The van der Waals surface area contributed by atoms with E-state index in [9.17, 15) is 4.79 Å². The fraction of sp³-hybridized carbons (Fsp3) is 0.625. The molecule has 1 amide bonds. The largest absolute Gasteiger partial charge is 0.450 e. The van der Waals surface area contributed by atoms with Crippen molar-refractivity contribution in [2.24, 2.45) is 5.73 Å². The van der Waals surface area contributed by atoms with Crippen LogP contribution >= 0.6 is 22.6 Å². The highest BCUT2D eigenvalue weighted by atomic mass is 127. The van der Waals surface area contributed by atoms with Gasteiger partial charge in [0.05, 0.1) is 11.0 Å². The summed E-state index contributed by atoms with van der Waals surface area (Å²) in [6.45, 7) is 0.404. The molecule has 0 bridgehead atoms. The summed E-state index contributed by atoms with van der Waals surface area (Å²) in [5.41, 5.74) is 4.76. The molecule has 0 aromatic carbocycles. The van der Waals surface area contributed by atoms with Gasteiger partial charge in [0, 0.05) is 6.42 Å². The van der Waals surface area contributed by atoms with Crippen molar-refractivity contribution in [3.05, 3.63) is 0 Å². The Balaban J connectivity index is 3.06. The van der Waals surface area contributed by atoms with E-state index < -0.39 is 6.09 Å². The van der Waals surface area contributed by atoms with Crippen LogP contribution in [0.2, 0.25) is 0 Å². The van der Waals surface area contributed by atoms with Crippen LogP contribution in [0.25, 0.3) is 0 Å². The lowest BCUT2D eigenvalue weighted by Crippen LogP contribution is -2.13. The molecule has 0 unspecified atom stereocenters. The smallest absolute Gasteiger partial charge is 0.404 e. The Morgan fingerprint density at radius 1 is 1.42 bits per heavy atom. The van der Waals surface area contributed by atoms with E-state index >= 15 is 0 Å². The molecule has 2 N–H and O–H groups in total. The summed E-state index contributed by atoms with van der Waals surface area (Å²) in [5, 5.41) is 0. The third-order valence-corrected chi connectivity index (χ3v) is 1.51. The van der Waals surface area contributed by atoms with Crippen LogP contribution in [-0.2, 0) is 4.74 Å². The molecular formula is C8H12INO2. The number of unbranched alkanes of at least 4 members (excludes halogenated alkanes) is 2. The van der Waals surface area contributed by atoms with Gasteiger partial charge < -0.3 is 10.5 Å². The lowest BCUT2D eigenvalue weighted by molar-refractivity contribution is 0.155. The molecule has 0 saturated carbocycles. The van der Waals surface area contributed by atoms with Crippen LogP contribution in [0.4, 0.5) is 4.79 Å². The number of rotatable bonds is 4. The van der Waals surface area contributed by atoms with E-state index in [-0.39, 0.29) is 0 Å². The fourth-order valence-electron chi connectivity index (χ4n) is 0.624. The van der Waals surface area contributed by atoms with Gasteiger partial charge in [0.1, 0.15) is 0 Å². The molecule has 0 radical (unpaired) electrons. The molecule has 0 saturated heterocycles. The van der Waals surface area contributed by atoms with Crippen molar-refractivity contribution in [2.75, 3.05) is 11.0 Å². The molecule has 0 fully saturated rings. The predicted molar refractivity (Wildman–Crippen MR) is 56.0 cm³/mol. The zero-order chi connectivity index (χ0) is 9.23. The molecule has 0 spiro atoms. The number of primary amides is 1. The number of halogens is 1. The molecule has 0 rings (SSSR count). The molecule has 4 heteroatoms. The second-order valence-electron chi connectivity index (χ2n) is 2.11. The normalized spacial score (nSPS) is 8.42. The number of carbonyl (C=O) groups excluding carboxylic acids is 1. The van der Waals surface area contributed by atoms with Crippen LogP contribution in [0.3, 0.4) is 0 Å². The first-order chi connectivity index (χ1) is 5.77. The molecule has 12 heavy (non-hydrogen) atoms. The van der Waals surface area contributed by atoms with Gasteiger partial charge in [-0.1, -0.05) is 28.5 Å². The van der Waals surface area contributed by atoms with Crippen molar-refractivity contribution in [1.82, 2.24) is 0 Å². The van der Waals surface area contributed by atoms with Gasteiger partial charge in [-0.2, -0.15) is 0 Å². The van der Waals surface area contributed by atoms with Gasteiger partial charge in [0.15, 0.2) is 0 Å². The highest BCUT2D eigenvalue weighted by molar-refractivity contribution is 14.1. The van der Waals surface area contributed by atoms with E-state index in [0.29, 0.717) is 6.61 Å². The fourth-order valence-corrected chi connectivity index (χ4v) is 0.894. The zero-order valence-electron chi connectivity index (χ0n) is 6.81. The number of amides is 1. The third kappa shape index (κ3) is 9.56. The average molecular weight is 281 g/mol. The second-order valence-corrected chi connectivity index (χ2v) is 2.87. The van der Waals surface area contributed by atoms with E-state index in [1.54, 1.807) is 0 Å². The van der Waals surface area contributed by atoms with Crippen LogP contribution in [0.15, 0.2) is 0 Å². The van der Waals surface area contributed by atoms with Crippen molar-refractivity contribution in [2.45, 2.75) is 19.3 Å². The van der Waals surface area contributed by atoms with Gasteiger partial charge in [-0.05, 0) is 12.8 Å². The first-order valence-corrected chi connectivity index (χ1v) is 5.24. The summed E-state index contributed by atoms with van der Waals surface area (Å²) in [5.74, 6) is 5.95. The number of ether oxygens (including phenoxy) is 1. The van der Waals surface area contributed by atoms with Crippen molar-refractivity contribution in [3.8, 4) is 11.8 Å². The third-order valence-electron chi connectivity index (χ3n) is 1.13. The Bertz CT molecular complexity index is 183. The summed E-state index contributed by atoms with van der Waals surface area (Å²) in [6.07, 6.45) is 1.95. The minimum absolute atomic E-state index is 0.404. The van der Waals surface area contributed by atoms with Gasteiger partial charge in [0.2, 0.25) is 0 Å². The molecule has 0 aliphatic rings. The van der Waals surface area contributed by atoms with Crippen LogP contribution in [0.5, 0.6) is 0 Å². The number of hydrogen-bond acceptors (Lipinski definition) is 2. The van der Waals surface area contributed by atoms with E-state index in [1.807, 2.05) is 0 Å². The Morgan fingerprint density at radius 2 is 2.17 bits per heavy atom. The molecule has 0 aromatic rings. The highest BCUT2D eigenvalue weighted by Gasteiger charge is 1.91. The SMILES string of the molecule is NC(=O)OCCCCC#CCI. The molecule has 0 atom stereocenters. The van der Waals surface area contributed by atoms with Gasteiger partial charge in [-0.15, -0.1) is 5.92 Å². The Labute approximate surface area is 86.2 Å². The lowest BCUT2D eigenvalue weighted by Gasteiger charge is -1.97. The summed E-state index contributed by atoms with van der Waals surface area (Å²) in [7, 11) is 0. The quantitative estimate of drug-likeness (QED) is 0.369.